The molecule has 0 radical (unpaired) electrons. The van der Waals surface area contributed by atoms with E-state index < -0.39 is 91.7 Å². The van der Waals surface area contributed by atoms with Crippen LogP contribution in [0.5, 0.6) is 23.0 Å². The van der Waals surface area contributed by atoms with Gasteiger partial charge in [0.15, 0.2) is 47.0 Å². The molecule has 0 aliphatic carbocycles. The van der Waals surface area contributed by atoms with Gasteiger partial charge >= 0.3 is 11.9 Å². The number of ether oxygens (including phenoxy) is 10. The van der Waals surface area contributed by atoms with Crippen molar-refractivity contribution in [1.29, 1.82) is 0 Å². The number of hydrogen-bond donors (Lipinski definition) is 6. The summed E-state index contributed by atoms with van der Waals surface area (Å²) in [4.78, 5) is 48.4. The zero-order valence-electron chi connectivity index (χ0n) is 47.1. The van der Waals surface area contributed by atoms with Crippen molar-refractivity contribution in [1.82, 2.24) is 20.1 Å². The Labute approximate surface area is 491 Å². The molecular formula is C56H70F4N4O19S2. The standard InChI is InChI=1S/C56H70F4N4O19S2/c1-5-80-55(69)37(3)31-39-33-45(57)51(46(58)34-39)82-41-7-11-43(12-8-41)84(71)63-17-21-76-25-29-78-27-23-74-19-15-61-53(67)49(65)50(66)54(68)62-16-20-75-24-28-79-30-26-77-22-18-64-85(72,73)44-13-9-42(10-14-44)83-52-47(59)35-40(36-48(52)60)32-38(4)56(70)81-6-2/h7-14,31-36,49-50,63-66H,5-6,15-30H2,1-4H3,(H,61,67)(H,62,68)/b37-31+,38-32+/t49-,50-,84?/m1/s1. The molecule has 0 aromatic heterocycles. The second-order valence-electron chi connectivity index (χ2n) is 17.6. The minimum atomic E-state index is -3.97. The number of carbonyl (C=O) groups is 4. The van der Waals surface area contributed by atoms with Gasteiger partial charge in [-0.15, -0.1) is 0 Å². The van der Waals surface area contributed by atoms with Crippen molar-refractivity contribution in [3.8, 4) is 23.0 Å². The van der Waals surface area contributed by atoms with Gasteiger partial charge < -0.3 is 68.2 Å². The van der Waals surface area contributed by atoms with Gasteiger partial charge in [-0.1, -0.05) is 0 Å². The van der Waals surface area contributed by atoms with Gasteiger partial charge in [0.2, 0.25) is 10.0 Å². The molecule has 0 saturated heterocycles. The maximum absolute atomic E-state index is 14.7. The molecule has 468 valence electrons. The number of esters is 2. The van der Waals surface area contributed by atoms with E-state index in [4.69, 9.17) is 47.4 Å². The molecule has 29 heteroatoms. The summed E-state index contributed by atoms with van der Waals surface area (Å²) < 4.78 is 155. The van der Waals surface area contributed by atoms with Gasteiger partial charge in [0.25, 0.3) is 11.8 Å². The Morgan fingerprint density at radius 1 is 0.529 bits per heavy atom. The van der Waals surface area contributed by atoms with Crippen LogP contribution < -0.4 is 29.6 Å². The molecule has 0 bridgehead atoms. The minimum absolute atomic E-state index is 0.00678. The van der Waals surface area contributed by atoms with E-state index in [0.717, 1.165) is 24.3 Å². The zero-order valence-corrected chi connectivity index (χ0v) is 48.8. The number of rotatable bonds is 41. The molecule has 0 aliphatic rings. The smallest absolute Gasteiger partial charge is 0.333 e. The van der Waals surface area contributed by atoms with E-state index in [0.29, 0.717) is 4.90 Å². The molecular weight excluding hydrogens is 1170 g/mol. The van der Waals surface area contributed by atoms with Gasteiger partial charge in [-0.3, -0.25) is 9.59 Å². The van der Waals surface area contributed by atoms with Crippen LogP contribution in [-0.4, -0.2) is 177 Å². The molecule has 0 aliphatic heterocycles. The van der Waals surface area contributed by atoms with E-state index in [1.54, 1.807) is 13.8 Å². The zero-order chi connectivity index (χ0) is 62.2. The third-order valence-electron chi connectivity index (χ3n) is 11.0. The summed E-state index contributed by atoms with van der Waals surface area (Å²) in [6.07, 6.45) is -1.56. The summed E-state index contributed by atoms with van der Waals surface area (Å²) in [7, 11) is -5.60. The van der Waals surface area contributed by atoms with E-state index >= 15 is 0 Å². The second kappa shape index (κ2) is 38.3. The van der Waals surface area contributed by atoms with Crippen LogP contribution in [0.1, 0.15) is 38.8 Å². The van der Waals surface area contributed by atoms with Gasteiger partial charge in [0.05, 0.1) is 102 Å². The van der Waals surface area contributed by atoms with Crippen LogP contribution in [0.15, 0.2) is 93.7 Å². The van der Waals surface area contributed by atoms with Crippen molar-refractivity contribution < 1.29 is 107 Å². The van der Waals surface area contributed by atoms with Crippen LogP contribution in [0.3, 0.4) is 0 Å². The fourth-order valence-electron chi connectivity index (χ4n) is 6.88. The van der Waals surface area contributed by atoms with Crippen LogP contribution in [0, 0.1) is 23.3 Å². The van der Waals surface area contributed by atoms with Gasteiger partial charge in [-0.2, -0.15) is 0 Å². The monoisotopic (exact) mass is 1240 g/mol. The molecule has 85 heavy (non-hydrogen) atoms. The lowest BCUT2D eigenvalue weighted by Gasteiger charge is -2.17. The number of sulfonamides is 1. The lowest BCUT2D eigenvalue weighted by Crippen LogP contribution is -2.50. The van der Waals surface area contributed by atoms with Crippen LogP contribution in [-0.2, 0) is 78.1 Å². The first-order valence-electron chi connectivity index (χ1n) is 26.5. The van der Waals surface area contributed by atoms with Crippen LogP contribution >= 0.6 is 0 Å². The highest BCUT2D eigenvalue weighted by Gasteiger charge is 2.30. The highest BCUT2D eigenvalue weighted by atomic mass is 32.2. The number of amides is 2. The molecule has 3 atom stereocenters. The van der Waals surface area contributed by atoms with Gasteiger partial charge in [0.1, 0.15) is 22.5 Å². The summed E-state index contributed by atoms with van der Waals surface area (Å²) >= 11 is 0. The normalized spacial score (nSPS) is 13.0. The van der Waals surface area contributed by atoms with Crippen LogP contribution in [0.2, 0.25) is 0 Å². The quantitative estimate of drug-likeness (QED) is 0.0155. The van der Waals surface area contributed by atoms with Gasteiger partial charge in [-0.05, 0) is 124 Å². The Hall–Kier alpha value is -6.74. The summed E-state index contributed by atoms with van der Waals surface area (Å²) in [6.45, 7) is 8.15. The van der Waals surface area contributed by atoms with Crippen molar-refractivity contribution in [3.05, 3.63) is 118 Å². The minimum Gasteiger partial charge on any atom is -0.463 e. The predicted molar refractivity (Wildman–Crippen MR) is 299 cm³/mol. The number of aliphatic hydroxyl groups is 2. The Morgan fingerprint density at radius 3 is 1.25 bits per heavy atom. The number of halogens is 4. The number of hydrogen-bond acceptors (Lipinski definition) is 19. The van der Waals surface area contributed by atoms with E-state index in [1.165, 1.54) is 74.5 Å². The van der Waals surface area contributed by atoms with Crippen molar-refractivity contribution in [2.75, 3.05) is 119 Å². The van der Waals surface area contributed by atoms with E-state index in [2.05, 4.69) is 20.1 Å². The summed E-state index contributed by atoms with van der Waals surface area (Å²) in [5.74, 6) is -8.61. The Bertz CT molecular complexity index is 2930. The highest BCUT2D eigenvalue weighted by molar-refractivity contribution is 7.89. The molecule has 0 heterocycles. The second-order valence-corrected chi connectivity index (χ2v) is 20.6. The third kappa shape index (κ3) is 25.8. The Kier molecular flexibility index (Phi) is 31.9. The van der Waals surface area contributed by atoms with Crippen LogP contribution in [0.4, 0.5) is 17.6 Å². The highest BCUT2D eigenvalue weighted by Crippen LogP contribution is 2.32. The fourth-order valence-corrected chi connectivity index (χ4v) is 8.71. The largest absolute Gasteiger partial charge is 0.463 e. The number of benzene rings is 4. The van der Waals surface area contributed by atoms with Crippen molar-refractivity contribution in [2.24, 2.45) is 0 Å². The molecule has 1 unspecified atom stereocenters. The number of nitrogens with one attached hydrogen (secondary N) is 4. The molecule has 2 amide bonds. The maximum Gasteiger partial charge on any atom is 0.333 e. The van der Waals surface area contributed by atoms with Crippen LogP contribution in [0.25, 0.3) is 12.2 Å². The molecule has 23 nitrogen and oxygen atoms in total. The predicted octanol–water partition coefficient (Wildman–Crippen LogP) is 4.40. The third-order valence-corrected chi connectivity index (χ3v) is 13.7. The van der Waals surface area contributed by atoms with E-state index in [-0.39, 0.29) is 157 Å². The molecule has 0 saturated carbocycles. The van der Waals surface area contributed by atoms with E-state index in [1.807, 2.05) is 0 Å². The fraction of sp³-hybridized carbons (Fsp3) is 0.429. The first-order valence-corrected chi connectivity index (χ1v) is 29.2. The van der Waals surface area contributed by atoms with E-state index in [9.17, 15) is 59.6 Å². The molecule has 4 aromatic rings. The molecule has 4 aromatic carbocycles. The molecule has 6 N–H and O–H groups in total. The SMILES string of the molecule is CCOC(=O)/C(C)=C/c1cc(F)c(Oc2ccc(S(=O)NCCOCCOCCOCCNC(=O)[C@H](O)[C@@H](O)C(=O)NCCOCCOCCOCCNS(=O)(=O)c3ccc(Oc4c(F)cc(/C=C(\C)C(=O)OCC)cc4F)cc3)cc2)c(F)c1. The summed E-state index contributed by atoms with van der Waals surface area (Å²) in [6, 6.07) is 14.6. The average Bonchev–Trinajstić information content (AvgIpc) is 3.51. The lowest BCUT2D eigenvalue weighted by molar-refractivity contribution is -0.146. The summed E-state index contributed by atoms with van der Waals surface area (Å²) in [5, 5.41) is 24.9. The first-order chi connectivity index (χ1) is 40.7. The summed E-state index contributed by atoms with van der Waals surface area (Å²) in [5.41, 5.74) is 0.483. The van der Waals surface area contributed by atoms with Crippen molar-refractivity contribution in [3.63, 3.8) is 0 Å². The molecule has 0 spiro atoms. The topological polar surface area (TPSA) is 300 Å². The van der Waals surface area contributed by atoms with Crippen molar-refractivity contribution >= 4 is 56.9 Å². The maximum atomic E-state index is 14.7. The van der Waals surface area contributed by atoms with Crippen molar-refractivity contribution in [2.45, 2.75) is 49.7 Å². The lowest BCUT2D eigenvalue weighted by atomic mass is 10.1. The number of carbonyl (C=O) groups excluding carboxylic acids is 4. The van der Waals surface area contributed by atoms with Gasteiger partial charge in [0, 0.05) is 37.3 Å². The first kappa shape index (κ1) is 70.7. The molecule has 4 rings (SSSR count). The Balaban J connectivity index is 0.933. The Morgan fingerprint density at radius 2 is 0.871 bits per heavy atom. The van der Waals surface area contributed by atoms with Gasteiger partial charge in [-0.25, -0.2) is 49.2 Å². The molecule has 0 fully saturated rings. The average molecular weight is 1240 g/mol. The number of aliphatic hydroxyl groups excluding tert-OH is 2.